The Balaban J connectivity index is 2.01. The Bertz CT molecular complexity index is 621. The summed E-state index contributed by atoms with van der Waals surface area (Å²) in [5.41, 5.74) is 4.37. The molecule has 0 radical (unpaired) electrons. The van der Waals surface area contributed by atoms with Crippen LogP contribution < -0.4 is 15.6 Å². The average Bonchev–Trinajstić information content (AvgIpc) is 2.94. The first-order valence-electron chi connectivity index (χ1n) is 7.22. The highest BCUT2D eigenvalue weighted by Gasteiger charge is 2.51. The summed E-state index contributed by atoms with van der Waals surface area (Å²) in [7, 11) is 2.90. The molecule has 6 nitrogen and oxygen atoms in total. The zero-order chi connectivity index (χ0) is 17.9. The molecule has 132 valence electrons. The number of amides is 2. The number of benzene rings is 1. The highest BCUT2D eigenvalue weighted by Crippen LogP contribution is 2.37. The molecule has 2 N–H and O–H groups in total. The molecule has 1 saturated heterocycles. The maximum absolute atomic E-state index is 13.0. The van der Waals surface area contributed by atoms with Crippen molar-refractivity contribution >= 4 is 11.8 Å². The predicted octanol–water partition coefficient (Wildman–Crippen LogP) is 1.20. The number of likely N-dealkylation sites (tertiary alicyclic amines) is 1. The van der Waals surface area contributed by atoms with Crippen molar-refractivity contribution in [2.75, 3.05) is 27.2 Å². The molecule has 0 aromatic heterocycles. The Labute approximate surface area is 136 Å². The van der Waals surface area contributed by atoms with Crippen molar-refractivity contribution in [2.45, 2.75) is 6.18 Å². The molecule has 2 rings (SSSR count). The number of para-hydroxylation sites is 1. The normalized spacial score (nSPS) is 21.4. The van der Waals surface area contributed by atoms with Crippen LogP contribution in [0.3, 0.4) is 0 Å². The lowest BCUT2D eigenvalue weighted by molar-refractivity contribution is -0.183. The lowest BCUT2D eigenvalue weighted by Crippen LogP contribution is -2.48. The van der Waals surface area contributed by atoms with Crippen LogP contribution in [0.1, 0.15) is 10.4 Å². The van der Waals surface area contributed by atoms with Crippen LogP contribution in [0.15, 0.2) is 24.3 Å². The van der Waals surface area contributed by atoms with Crippen LogP contribution >= 0.6 is 0 Å². The Morgan fingerprint density at radius 2 is 1.88 bits per heavy atom. The van der Waals surface area contributed by atoms with Crippen LogP contribution in [0.5, 0.6) is 5.75 Å². The molecular weight excluding hydrogens is 327 g/mol. The summed E-state index contributed by atoms with van der Waals surface area (Å²) in [4.78, 5) is 25.5. The molecule has 0 aliphatic carbocycles. The Morgan fingerprint density at radius 3 is 2.50 bits per heavy atom. The highest BCUT2D eigenvalue weighted by atomic mass is 19.4. The second-order valence-electron chi connectivity index (χ2n) is 5.62. The minimum absolute atomic E-state index is 0.0272. The van der Waals surface area contributed by atoms with Gasteiger partial charge >= 0.3 is 6.18 Å². The lowest BCUT2D eigenvalue weighted by atomic mass is 9.95. The summed E-state index contributed by atoms with van der Waals surface area (Å²) in [6.07, 6.45) is -4.47. The summed E-state index contributed by atoms with van der Waals surface area (Å²) < 4.78 is 44.0. The third kappa shape index (κ3) is 3.97. The standard InChI is InChI=1S/C15H18F3N3O3/c1-21-7-10(11(8-21)15(16,17)18)14(23)20-19-13(22)9-5-3-4-6-12(9)24-2/h3-6,10-11H,7-8H2,1-2H3,(H,19,22)(H,20,23). The van der Waals surface area contributed by atoms with Gasteiger partial charge in [0.15, 0.2) is 0 Å². The number of hydrazine groups is 1. The zero-order valence-corrected chi connectivity index (χ0v) is 13.2. The molecule has 1 aliphatic rings. The second-order valence-corrected chi connectivity index (χ2v) is 5.62. The van der Waals surface area contributed by atoms with Crippen LogP contribution in [-0.2, 0) is 4.79 Å². The first-order chi connectivity index (χ1) is 11.2. The fraction of sp³-hybridized carbons (Fsp3) is 0.467. The van der Waals surface area contributed by atoms with E-state index in [2.05, 4.69) is 10.9 Å². The number of hydrogen-bond donors (Lipinski definition) is 2. The maximum atomic E-state index is 13.0. The van der Waals surface area contributed by atoms with Crippen LogP contribution in [0.2, 0.25) is 0 Å². The van der Waals surface area contributed by atoms with Crippen molar-refractivity contribution in [3.63, 3.8) is 0 Å². The van der Waals surface area contributed by atoms with Gasteiger partial charge in [0.2, 0.25) is 5.91 Å². The first kappa shape index (κ1) is 18.1. The number of methoxy groups -OCH3 is 1. The van der Waals surface area contributed by atoms with Crippen LogP contribution in [0.25, 0.3) is 0 Å². The largest absolute Gasteiger partial charge is 0.496 e. The molecule has 1 aliphatic heterocycles. The molecule has 2 amide bonds. The molecule has 2 unspecified atom stereocenters. The van der Waals surface area contributed by atoms with Crippen molar-refractivity contribution in [2.24, 2.45) is 11.8 Å². The number of hydrogen-bond acceptors (Lipinski definition) is 4. The van der Waals surface area contributed by atoms with Gasteiger partial charge in [-0.3, -0.25) is 20.4 Å². The van der Waals surface area contributed by atoms with E-state index in [1.807, 2.05) is 0 Å². The molecule has 2 atom stereocenters. The fourth-order valence-electron chi connectivity index (χ4n) is 2.71. The van der Waals surface area contributed by atoms with Gasteiger partial charge in [-0.1, -0.05) is 12.1 Å². The number of carbonyl (C=O) groups is 2. The number of alkyl halides is 3. The van der Waals surface area contributed by atoms with E-state index in [4.69, 9.17) is 4.74 Å². The van der Waals surface area contributed by atoms with Gasteiger partial charge in [-0.2, -0.15) is 13.2 Å². The summed E-state index contributed by atoms with van der Waals surface area (Å²) >= 11 is 0. The summed E-state index contributed by atoms with van der Waals surface area (Å²) in [6, 6.07) is 6.30. The topological polar surface area (TPSA) is 70.7 Å². The molecular formula is C15H18F3N3O3. The molecule has 1 aromatic carbocycles. The third-order valence-electron chi connectivity index (χ3n) is 3.91. The lowest BCUT2D eigenvalue weighted by Gasteiger charge is -2.20. The quantitative estimate of drug-likeness (QED) is 0.808. The van der Waals surface area contributed by atoms with E-state index in [1.165, 1.54) is 25.1 Å². The van der Waals surface area contributed by atoms with Gasteiger partial charge in [-0.15, -0.1) is 0 Å². The molecule has 1 aromatic rings. The Morgan fingerprint density at radius 1 is 1.21 bits per heavy atom. The van der Waals surface area contributed by atoms with Gasteiger partial charge in [0, 0.05) is 13.1 Å². The molecule has 0 saturated carbocycles. The van der Waals surface area contributed by atoms with E-state index in [0.717, 1.165) is 0 Å². The smallest absolute Gasteiger partial charge is 0.393 e. The number of halogens is 3. The van der Waals surface area contributed by atoms with Crippen molar-refractivity contribution < 1.29 is 27.5 Å². The number of carbonyl (C=O) groups excluding carboxylic acids is 2. The fourth-order valence-corrected chi connectivity index (χ4v) is 2.71. The molecule has 0 bridgehead atoms. The monoisotopic (exact) mass is 345 g/mol. The third-order valence-corrected chi connectivity index (χ3v) is 3.91. The SMILES string of the molecule is COc1ccccc1C(=O)NNC(=O)C1CN(C)CC1C(F)(F)F. The van der Waals surface area contributed by atoms with Crippen LogP contribution in [0.4, 0.5) is 13.2 Å². The average molecular weight is 345 g/mol. The summed E-state index contributed by atoms with van der Waals surface area (Å²) in [6.45, 7) is -0.275. The molecule has 1 heterocycles. The minimum atomic E-state index is -4.47. The van der Waals surface area contributed by atoms with Gasteiger partial charge in [0.1, 0.15) is 5.75 Å². The van der Waals surface area contributed by atoms with Gasteiger partial charge in [-0.05, 0) is 19.2 Å². The van der Waals surface area contributed by atoms with E-state index < -0.39 is 29.8 Å². The molecule has 9 heteroatoms. The zero-order valence-electron chi connectivity index (χ0n) is 13.2. The Hall–Kier alpha value is -2.29. The number of nitrogens with zero attached hydrogens (tertiary/aromatic N) is 1. The van der Waals surface area contributed by atoms with E-state index >= 15 is 0 Å². The van der Waals surface area contributed by atoms with E-state index in [0.29, 0.717) is 0 Å². The van der Waals surface area contributed by atoms with Crippen molar-refractivity contribution in [1.82, 2.24) is 15.8 Å². The maximum Gasteiger partial charge on any atom is 0.393 e. The summed E-state index contributed by atoms with van der Waals surface area (Å²) in [5.74, 6) is -4.28. The first-order valence-corrected chi connectivity index (χ1v) is 7.22. The second kappa shape index (κ2) is 7.08. The van der Waals surface area contributed by atoms with Gasteiger partial charge < -0.3 is 9.64 Å². The van der Waals surface area contributed by atoms with Crippen molar-refractivity contribution in [3.8, 4) is 5.75 Å². The number of ether oxygens (including phenoxy) is 1. The number of nitrogens with one attached hydrogen (secondary N) is 2. The minimum Gasteiger partial charge on any atom is -0.496 e. The molecule has 24 heavy (non-hydrogen) atoms. The molecule has 0 spiro atoms. The van der Waals surface area contributed by atoms with Gasteiger partial charge in [0.05, 0.1) is 24.5 Å². The Kier molecular flexibility index (Phi) is 5.33. The molecule has 1 fully saturated rings. The van der Waals surface area contributed by atoms with Crippen LogP contribution in [-0.4, -0.2) is 50.1 Å². The number of rotatable bonds is 3. The van der Waals surface area contributed by atoms with E-state index in [1.54, 1.807) is 18.2 Å². The highest BCUT2D eigenvalue weighted by molar-refractivity contribution is 5.98. The van der Waals surface area contributed by atoms with Crippen molar-refractivity contribution in [3.05, 3.63) is 29.8 Å². The van der Waals surface area contributed by atoms with Gasteiger partial charge in [0.25, 0.3) is 5.91 Å². The van der Waals surface area contributed by atoms with Crippen molar-refractivity contribution in [1.29, 1.82) is 0 Å². The van der Waals surface area contributed by atoms with Crippen LogP contribution in [0, 0.1) is 11.8 Å². The summed E-state index contributed by atoms with van der Waals surface area (Å²) in [5, 5.41) is 0. The van der Waals surface area contributed by atoms with Gasteiger partial charge in [-0.25, -0.2) is 0 Å². The van der Waals surface area contributed by atoms with E-state index in [9.17, 15) is 22.8 Å². The van der Waals surface area contributed by atoms with E-state index in [-0.39, 0.29) is 24.4 Å². The predicted molar refractivity (Wildman–Crippen MR) is 79.1 cm³/mol.